The molecule has 0 heterocycles. The smallest absolute Gasteiger partial charge is 0.335 e. The molecule has 1 rings (SSSR count). The third kappa shape index (κ3) is 3.01. The fourth-order valence-electron chi connectivity index (χ4n) is 0.989. The van der Waals surface area contributed by atoms with Crippen molar-refractivity contribution >= 4 is 52.4 Å². The Kier molecular flexibility index (Phi) is 4.41. The van der Waals surface area contributed by atoms with Gasteiger partial charge >= 0.3 is 5.97 Å². The molecule has 0 aromatic heterocycles. The number of alkyl halides is 1. The predicted molar refractivity (Wildman–Crippen MR) is 62.8 cm³/mol. The summed E-state index contributed by atoms with van der Waals surface area (Å²) in [6, 6.07) is 2.39. The summed E-state index contributed by atoms with van der Waals surface area (Å²) < 4.78 is 0. The lowest BCUT2D eigenvalue weighted by Gasteiger charge is -2.08. The molecule has 0 bridgehead atoms. The Morgan fingerprint density at radius 3 is 2.12 bits per heavy atom. The Bertz CT molecular complexity index is 425. The predicted octanol–water partition coefficient (Wildman–Crippen LogP) is 2.87. The average molecular weight is 283 g/mol. The molecule has 86 valence electrons. The second-order valence-electron chi connectivity index (χ2n) is 2.80. The zero-order valence-corrected chi connectivity index (χ0v) is 10.0. The van der Waals surface area contributed by atoms with Crippen molar-refractivity contribution < 1.29 is 14.7 Å². The van der Waals surface area contributed by atoms with Crippen molar-refractivity contribution in [1.82, 2.24) is 0 Å². The molecule has 2 N–H and O–H groups in total. The normalized spacial score (nSPS) is 9.94. The van der Waals surface area contributed by atoms with Crippen LogP contribution in [0.5, 0.6) is 0 Å². The maximum Gasteiger partial charge on any atom is 0.335 e. The quantitative estimate of drug-likeness (QED) is 0.838. The summed E-state index contributed by atoms with van der Waals surface area (Å²) in [5.74, 6) is -1.87. The van der Waals surface area contributed by atoms with Gasteiger partial charge in [-0.1, -0.05) is 23.2 Å². The van der Waals surface area contributed by atoms with Crippen molar-refractivity contribution in [3.05, 3.63) is 27.7 Å². The molecule has 0 aliphatic rings. The molecular formula is C9H6Cl3NO3. The topological polar surface area (TPSA) is 66.4 Å². The lowest BCUT2D eigenvalue weighted by Crippen LogP contribution is -2.13. The van der Waals surface area contributed by atoms with E-state index in [4.69, 9.17) is 39.9 Å². The highest BCUT2D eigenvalue weighted by molar-refractivity contribution is 6.40. The lowest BCUT2D eigenvalue weighted by atomic mass is 10.2. The van der Waals surface area contributed by atoms with Gasteiger partial charge in [-0.25, -0.2) is 4.79 Å². The minimum absolute atomic E-state index is 0.0448. The third-order valence-corrected chi connectivity index (χ3v) is 2.51. The number of carbonyl (C=O) groups excluding carboxylic acids is 1. The number of hydrogen-bond acceptors (Lipinski definition) is 2. The van der Waals surface area contributed by atoms with Gasteiger partial charge in [-0.05, 0) is 12.1 Å². The van der Waals surface area contributed by atoms with Crippen molar-refractivity contribution in [2.75, 3.05) is 11.2 Å². The molecule has 0 unspecified atom stereocenters. The highest BCUT2D eigenvalue weighted by Crippen LogP contribution is 2.31. The fourth-order valence-corrected chi connectivity index (χ4v) is 1.64. The number of anilines is 1. The molecule has 0 atom stereocenters. The van der Waals surface area contributed by atoms with E-state index in [9.17, 15) is 9.59 Å². The van der Waals surface area contributed by atoms with Crippen LogP contribution in [0.25, 0.3) is 0 Å². The van der Waals surface area contributed by atoms with Crippen LogP contribution in [0.15, 0.2) is 12.1 Å². The maximum absolute atomic E-state index is 11.0. The number of nitrogens with one attached hydrogen (secondary N) is 1. The molecule has 1 aromatic rings. The van der Waals surface area contributed by atoms with Crippen molar-refractivity contribution in [3.8, 4) is 0 Å². The molecule has 0 fully saturated rings. The first-order valence-electron chi connectivity index (χ1n) is 4.04. The van der Waals surface area contributed by atoms with Gasteiger partial charge in [0.05, 0.1) is 21.3 Å². The Morgan fingerprint density at radius 1 is 1.25 bits per heavy atom. The Labute approximate surface area is 106 Å². The van der Waals surface area contributed by atoms with Crippen LogP contribution in [-0.4, -0.2) is 22.9 Å². The van der Waals surface area contributed by atoms with Crippen LogP contribution < -0.4 is 5.32 Å². The van der Waals surface area contributed by atoms with Gasteiger partial charge in [0, 0.05) is 0 Å². The molecule has 1 amide bonds. The van der Waals surface area contributed by atoms with Crippen LogP contribution in [0.3, 0.4) is 0 Å². The highest BCUT2D eigenvalue weighted by atomic mass is 35.5. The van der Waals surface area contributed by atoms with Gasteiger partial charge in [0.2, 0.25) is 5.91 Å². The molecule has 4 nitrogen and oxygen atoms in total. The van der Waals surface area contributed by atoms with E-state index in [0.29, 0.717) is 0 Å². The molecule has 16 heavy (non-hydrogen) atoms. The van der Waals surface area contributed by atoms with E-state index in [1.165, 1.54) is 12.1 Å². The van der Waals surface area contributed by atoms with Gasteiger partial charge in [0.1, 0.15) is 5.88 Å². The van der Waals surface area contributed by atoms with E-state index in [1.807, 2.05) is 0 Å². The van der Waals surface area contributed by atoms with Crippen LogP contribution >= 0.6 is 34.8 Å². The van der Waals surface area contributed by atoms with Crippen LogP contribution in [-0.2, 0) is 4.79 Å². The van der Waals surface area contributed by atoms with Crippen LogP contribution in [0.4, 0.5) is 5.69 Å². The Hall–Kier alpha value is -0.970. The number of carboxylic acids is 1. The largest absolute Gasteiger partial charge is 0.478 e. The van der Waals surface area contributed by atoms with E-state index in [-0.39, 0.29) is 27.2 Å². The molecule has 0 radical (unpaired) electrons. The van der Waals surface area contributed by atoms with Gasteiger partial charge in [-0.3, -0.25) is 4.79 Å². The van der Waals surface area contributed by atoms with Gasteiger partial charge in [-0.2, -0.15) is 0 Å². The standard InChI is InChI=1S/C9H6Cl3NO3/c10-3-7(14)13-8-5(11)1-4(9(15)16)2-6(8)12/h1-2H,3H2,(H,13,14)(H,15,16). The summed E-state index contributed by atoms with van der Waals surface area (Å²) in [4.78, 5) is 21.7. The number of hydrogen-bond donors (Lipinski definition) is 2. The number of aromatic carboxylic acids is 1. The number of rotatable bonds is 3. The van der Waals surface area contributed by atoms with E-state index in [2.05, 4.69) is 5.32 Å². The van der Waals surface area contributed by atoms with Crippen LogP contribution in [0.2, 0.25) is 10.0 Å². The van der Waals surface area contributed by atoms with Gasteiger partial charge in [0.25, 0.3) is 0 Å². The summed E-state index contributed by atoms with van der Waals surface area (Å²) in [7, 11) is 0. The zero-order valence-electron chi connectivity index (χ0n) is 7.76. The lowest BCUT2D eigenvalue weighted by molar-refractivity contribution is -0.113. The first kappa shape index (κ1) is 13.1. The number of halogens is 3. The summed E-state index contributed by atoms with van der Waals surface area (Å²) in [6.45, 7) is 0. The average Bonchev–Trinajstić information content (AvgIpc) is 2.22. The highest BCUT2D eigenvalue weighted by Gasteiger charge is 2.13. The Morgan fingerprint density at radius 2 is 1.75 bits per heavy atom. The van der Waals surface area contributed by atoms with Crippen molar-refractivity contribution in [1.29, 1.82) is 0 Å². The van der Waals surface area contributed by atoms with Crippen molar-refractivity contribution in [2.45, 2.75) is 0 Å². The molecule has 0 aliphatic carbocycles. The first-order chi connectivity index (χ1) is 7.45. The minimum atomic E-state index is -1.15. The molecule has 7 heteroatoms. The summed E-state index contributed by atoms with van der Waals surface area (Å²) in [5, 5.41) is 11.2. The number of benzene rings is 1. The van der Waals surface area contributed by atoms with Gasteiger partial charge in [0.15, 0.2) is 0 Å². The van der Waals surface area contributed by atoms with Crippen molar-refractivity contribution in [2.24, 2.45) is 0 Å². The van der Waals surface area contributed by atoms with Gasteiger partial charge < -0.3 is 10.4 Å². The van der Waals surface area contributed by atoms with Crippen molar-refractivity contribution in [3.63, 3.8) is 0 Å². The monoisotopic (exact) mass is 281 g/mol. The van der Waals surface area contributed by atoms with Crippen LogP contribution in [0, 0.1) is 0 Å². The first-order valence-corrected chi connectivity index (χ1v) is 5.33. The molecule has 0 saturated heterocycles. The summed E-state index contributed by atoms with van der Waals surface area (Å²) in [5.41, 5.74) is 0.0952. The number of carboxylic acid groups (broad SMARTS) is 1. The zero-order chi connectivity index (χ0) is 12.3. The molecule has 0 spiro atoms. The molecule has 0 saturated carbocycles. The molecule has 1 aromatic carbocycles. The fraction of sp³-hybridized carbons (Fsp3) is 0.111. The third-order valence-electron chi connectivity index (χ3n) is 1.67. The van der Waals surface area contributed by atoms with E-state index >= 15 is 0 Å². The van der Waals surface area contributed by atoms with E-state index in [0.717, 1.165) is 0 Å². The second kappa shape index (κ2) is 5.39. The molecular weight excluding hydrogens is 276 g/mol. The summed E-state index contributed by atoms with van der Waals surface area (Å²) >= 11 is 16.8. The minimum Gasteiger partial charge on any atom is -0.478 e. The summed E-state index contributed by atoms with van der Waals surface area (Å²) in [6.07, 6.45) is 0. The van der Waals surface area contributed by atoms with E-state index in [1.54, 1.807) is 0 Å². The number of amides is 1. The Balaban J connectivity index is 3.12. The second-order valence-corrected chi connectivity index (χ2v) is 3.88. The number of carbonyl (C=O) groups is 2. The maximum atomic E-state index is 11.0. The SMILES string of the molecule is O=C(CCl)Nc1c(Cl)cc(C(=O)O)cc1Cl. The van der Waals surface area contributed by atoms with E-state index < -0.39 is 11.9 Å². The molecule has 0 aliphatic heterocycles. The van der Waals surface area contributed by atoms with Gasteiger partial charge in [-0.15, -0.1) is 11.6 Å². The van der Waals surface area contributed by atoms with Crippen LogP contribution in [0.1, 0.15) is 10.4 Å².